The van der Waals surface area contributed by atoms with Gasteiger partial charge in [0.15, 0.2) is 0 Å². The highest BCUT2D eigenvalue weighted by Crippen LogP contribution is 2.30. The first-order chi connectivity index (χ1) is 6.85. The van der Waals surface area contributed by atoms with E-state index in [1.165, 1.54) is 34.8 Å². The lowest BCUT2D eigenvalue weighted by Gasteiger charge is -2.09. The maximum Gasteiger partial charge on any atom is 0.0962 e. The molecular weight excluding hydrogens is 192 g/mol. The highest BCUT2D eigenvalue weighted by Gasteiger charge is 2.18. The van der Waals surface area contributed by atoms with E-state index in [0.29, 0.717) is 5.92 Å². The fraction of sp³-hybridized carbons (Fsp3) is 0.727. The third-order valence-corrected chi connectivity index (χ3v) is 4.27. The van der Waals surface area contributed by atoms with E-state index in [-0.39, 0.29) is 0 Å². The zero-order valence-electron chi connectivity index (χ0n) is 8.97. The van der Waals surface area contributed by atoms with Gasteiger partial charge in [0.2, 0.25) is 0 Å². The molecule has 0 spiro atoms. The quantitative estimate of drug-likeness (QED) is 0.829. The second kappa shape index (κ2) is 4.41. The van der Waals surface area contributed by atoms with Crippen molar-refractivity contribution in [2.24, 2.45) is 0 Å². The lowest BCUT2D eigenvalue weighted by molar-refractivity contribution is 0.616. The van der Waals surface area contributed by atoms with Crippen molar-refractivity contribution in [1.82, 2.24) is 10.3 Å². The van der Waals surface area contributed by atoms with Gasteiger partial charge in [-0.15, -0.1) is 11.3 Å². The number of fused-ring (bicyclic) bond motifs is 1. The van der Waals surface area contributed by atoms with Crippen LogP contribution in [-0.4, -0.2) is 11.5 Å². The second-order valence-corrected chi connectivity index (χ2v) is 4.98. The molecule has 14 heavy (non-hydrogen) atoms. The standard InChI is InChI=1S/C11H18N2S/c1-3-8(4-2)11-13-9-7-12-6-5-10(9)14-11/h8,12H,3-7H2,1-2H3. The van der Waals surface area contributed by atoms with Gasteiger partial charge in [-0.3, -0.25) is 0 Å². The lowest BCUT2D eigenvalue weighted by Crippen LogP contribution is -2.22. The Hall–Kier alpha value is -0.410. The molecule has 1 aliphatic heterocycles. The number of hydrogen-bond acceptors (Lipinski definition) is 3. The Balaban J connectivity index is 2.22. The first-order valence-corrected chi connectivity index (χ1v) is 6.36. The number of aromatic nitrogens is 1. The molecule has 3 heteroatoms. The van der Waals surface area contributed by atoms with Crippen molar-refractivity contribution in [2.45, 2.75) is 45.6 Å². The molecule has 78 valence electrons. The predicted molar refractivity (Wildman–Crippen MR) is 60.8 cm³/mol. The van der Waals surface area contributed by atoms with Crippen molar-refractivity contribution in [3.8, 4) is 0 Å². The number of nitrogens with zero attached hydrogens (tertiary/aromatic N) is 1. The molecular formula is C11H18N2S. The summed E-state index contributed by atoms with van der Waals surface area (Å²) in [4.78, 5) is 6.27. The van der Waals surface area contributed by atoms with Gasteiger partial charge in [-0.05, 0) is 19.3 Å². The van der Waals surface area contributed by atoms with E-state index in [0.717, 1.165) is 13.1 Å². The fourth-order valence-corrected chi connectivity index (χ4v) is 3.31. The normalized spacial score (nSPS) is 15.9. The third-order valence-electron chi connectivity index (χ3n) is 2.95. The molecule has 1 aliphatic rings. The molecule has 1 aromatic rings. The van der Waals surface area contributed by atoms with E-state index in [9.17, 15) is 0 Å². The Morgan fingerprint density at radius 3 is 2.86 bits per heavy atom. The molecule has 1 N–H and O–H groups in total. The summed E-state index contributed by atoms with van der Waals surface area (Å²) in [6, 6.07) is 0. The molecule has 0 unspecified atom stereocenters. The van der Waals surface area contributed by atoms with Gasteiger partial charge in [0.25, 0.3) is 0 Å². The van der Waals surface area contributed by atoms with E-state index >= 15 is 0 Å². The zero-order chi connectivity index (χ0) is 9.97. The van der Waals surface area contributed by atoms with Crippen molar-refractivity contribution in [3.05, 3.63) is 15.6 Å². The minimum atomic E-state index is 0.686. The predicted octanol–water partition coefficient (Wildman–Crippen LogP) is 2.69. The average Bonchev–Trinajstić information content (AvgIpc) is 2.63. The van der Waals surface area contributed by atoms with Crippen molar-refractivity contribution >= 4 is 11.3 Å². The van der Waals surface area contributed by atoms with E-state index in [2.05, 4.69) is 19.2 Å². The van der Waals surface area contributed by atoms with Gasteiger partial charge in [-0.1, -0.05) is 13.8 Å². The Bertz CT molecular complexity index is 279. The number of nitrogens with one attached hydrogen (secondary N) is 1. The van der Waals surface area contributed by atoms with Crippen molar-refractivity contribution in [1.29, 1.82) is 0 Å². The molecule has 0 fully saturated rings. The first-order valence-electron chi connectivity index (χ1n) is 5.54. The number of hydrogen-bond donors (Lipinski definition) is 1. The molecule has 0 atom stereocenters. The molecule has 0 saturated heterocycles. The summed E-state index contributed by atoms with van der Waals surface area (Å²) in [6.45, 7) is 6.61. The summed E-state index contributed by atoms with van der Waals surface area (Å²) in [5.41, 5.74) is 1.31. The maximum absolute atomic E-state index is 4.75. The van der Waals surface area contributed by atoms with E-state index in [1.54, 1.807) is 0 Å². The minimum absolute atomic E-state index is 0.686. The van der Waals surface area contributed by atoms with Gasteiger partial charge in [-0.2, -0.15) is 0 Å². The lowest BCUT2D eigenvalue weighted by atomic mass is 10.1. The molecule has 2 rings (SSSR count). The van der Waals surface area contributed by atoms with E-state index in [1.807, 2.05) is 11.3 Å². The summed E-state index contributed by atoms with van der Waals surface area (Å²) in [7, 11) is 0. The van der Waals surface area contributed by atoms with E-state index < -0.39 is 0 Å². The van der Waals surface area contributed by atoms with Gasteiger partial charge < -0.3 is 5.32 Å². The van der Waals surface area contributed by atoms with Crippen LogP contribution in [0.1, 0.15) is 48.2 Å². The summed E-state index contributed by atoms with van der Waals surface area (Å²) < 4.78 is 0. The van der Waals surface area contributed by atoms with Crippen LogP contribution in [0, 0.1) is 0 Å². The van der Waals surface area contributed by atoms with Crippen LogP contribution in [0.3, 0.4) is 0 Å². The largest absolute Gasteiger partial charge is 0.311 e. The van der Waals surface area contributed by atoms with Crippen LogP contribution in [0.25, 0.3) is 0 Å². The zero-order valence-corrected chi connectivity index (χ0v) is 9.78. The Labute approximate surface area is 89.8 Å². The molecule has 1 aromatic heterocycles. The van der Waals surface area contributed by atoms with Crippen LogP contribution in [0.4, 0.5) is 0 Å². The van der Waals surface area contributed by atoms with Crippen LogP contribution in [-0.2, 0) is 13.0 Å². The smallest absolute Gasteiger partial charge is 0.0962 e. The van der Waals surface area contributed by atoms with Crippen molar-refractivity contribution in [3.63, 3.8) is 0 Å². The van der Waals surface area contributed by atoms with Gasteiger partial charge >= 0.3 is 0 Å². The summed E-state index contributed by atoms with van der Waals surface area (Å²) >= 11 is 1.94. The topological polar surface area (TPSA) is 24.9 Å². The molecule has 0 saturated carbocycles. The van der Waals surface area contributed by atoms with Gasteiger partial charge in [0.05, 0.1) is 10.7 Å². The van der Waals surface area contributed by atoms with Gasteiger partial charge in [0.1, 0.15) is 0 Å². The van der Waals surface area contributed by atoms with Crippen molar-refractivity contribution < 1.29 is 0 Å². The highest BCUT2D eigenvalue weighted by molar-refractivity contribution is 7.11. The Morgan fingerprint density at radius 2 is 2.21 bits per heavy atom. The van der Waals surface area contributed by atoms with Crippen LogP contribution in [0.5, 0.6) is 0 Å². The number of thiazole rings is 1. The molecule has 0 amide bonds. The monoisotopic (exact) mass is 210 g/mol. The van der Waals surface area contributed by atoms with Crippen molar-refractivity contribution in [2.75, 3.05) is 6.54 Å². The first kappa shape index (κ1) is 10.1. The second-order valence-electron chi connectivity index (χ2n) is 3.86. The van der Waals surface area contributed by atoms with Gasteiger partial charge in [0, 0.05) is 23.9 Å². The molecule has 0 radical (unpaired) electrons. The Morgan fingerprint density at radius 1 is 1.43 bits per heavy atom. The molecule has 2 heterocycles. The van der Waals surface area contributed by atoms with Gasteiger partial charge in [-0.25, -0.2) is 4.98 Å². The van der Waals surface area contributed by atoms with Crippen LogP contribution >= 0.6 is 11.3 Å². The molecule has 0 bridgehead atoms. The van der Waals surface area contributed by atoms with Crippen LogP contribution in [0.15, 0.2) is 0 Å². The maximum atomic E-state index is 4.75. The molecule has 2 nitrogen and oxygen atoms in total. The Kier molecular flexibility index (Phi) is 3.19. The van der Waals surface area contributed by atoms with Crippen LogP contribution < -0.4 is 5.32 Å². The van der Waals surface area contributed by atoms with E-state index in [4.69, 9.17) is 4.98 Å². The average molecular weight is 210 g/mol. The highest BCUT2D eigenvalue weighted by atomic mass is 32.1. The SMILES string of the molecule is CCC(CC)c1nc2c(s1)CCNC2. The number of rotatable bonds is 3. The fourth-order valence-electron chi connectivity index (χ4n) is 1.96. The molecule has 0 aromatic carbocycles. The van der Waals surface area contributed by atoms with Crippen LogP contribution in [0.2, 0.25) is 0 Å². The minimum Gasteiger partial charge on any atom is -0.311 e. The summed E-state index contributed by atoms with van der Waals surface area (Å²) in [6.07, 6.45) is 3.61. The summed E-state index contributed by atoms with van der Waals surface area (Å²) in [5, 5.41) is 4.74. The third kappa shape index (κ3) is 1.84. The molecule has 0 aliphatic carbocycles. The summed E-state index contributed by atoms with van der Waals surface area (Å²) in [5.74, 6) is 0.686.